The van der Waals surface area contributed by atoms with Crippen molar-refractivity contribution in [3.8, 4) is 0 Å². The Kier molecular flexibility index (Phi) is 5.67. The van der Waals surface area contributed by atoms with Crippen molar-refractivity contribution in [2.24, 2.45) is 17.3 Å². The molecule has 0 aromatic heterocycles. The Balaban J connectivity index is 2.07. The van der Waals surface area contributed by atoms with Crippen molar-refractivity contribution in [3.05, 3.63) is 0 Å². The fourth-order valence-electron chi connectivity index (χ4n) is 4.59. The number of hydrogen-bond acceptors (Lipinski definition) is 3. The summed E-state index contributed by atoms with van der Waals surface area (Å²) in [6.45, 7) is 2.26. The number of rotatable bonds is 5. The molecule has 2 aliphatic rings. The maximum atomic E-state index is 11.0. The summed E-state index contributed by atoms with van der Waals surface area (Å²) in [5.41, 5.74) is 0.0403. The largest absolute Gasteiger partial charge is 0.481 e. The van der Waals surface area contributed by atoms with E-state index in [2.05, 4.69) is 6.92 Å². The van der Waals surface area contributed by atoms with Crippen molar-refractivity contribution in [2.75, 3.05) is 0 Å². The maximum Gasteiger partial charge on any atom is 0.303 e. The Hall–Kier alpha value is -0.610. The lowest BCUT2D eigenvalue weighted by Gasteiger charge is -2.48. The fourth-order valence-corrected chi connectivity index (χ4v) is 4.59. The zero-order valence-corrected chi connectivity index (χ0v) is 13.1. The highest BCUT2D eigenvalue weighted by atomic mass is 16.4. The van der Waals surface area contributed by atoms with Gasteiger partial charge in [0.05, 0.1) is 12.2 Å². The molecule has 2 saturated carbocycles. The second kappa shape index (κ2) is 7.10. The molecular formula is C17H30O4. The summed E-state index contributed by atoms with van der Waals surface area (Å²) in [5.74, 6) is 0.314. The highest BCUT2D eigenvalue weighted by molar-refractivity contribution is 5.66. The summed E-state index contributed by atoms with van der Waals surface area (Å²) in [7, 11) is 0. The maximum absolute atomic E-state index is 11.0. The molecule has 0 bridgehead atoms. The summed E-state index contributed by atoms with van der Waals surface area (Å²) in [6, 6.07) is 0. The van der Waals surface area contributed by atoms with Crippen LogP contribution in [0.4, 0.5) is 0 Å². The molecule has 0 saturated heterocycles. The van der Waals surface area contributed by atoms with Gasteiger partial charge in [-0.1, -0.05) is 6.92 Å². The minimum Gasteiger partial charge on any atom is -0.481 e. The number of aliphatic hydroxyl groups is 2. The average Bonchev–Trinajstić information content (AvgIpc) is 2.46. The lowest BCUT2D eigenvalue weighted by atomic mass is 9.57. The molecule has 0 radical (unpaired) electrons. The van der Waals surface area contributed by atoms with Gasteiger partial charge in [-0.2, -0.15) is 0 Å². The molecule has 0 spiro atoms. The van der Waals surface area contributed by atoms with E-state index in [0.717, 1.165) is 57.8 Å². The molecule has 0 unspecified atom stereocenters. The molecule has 0 aromatic rings. The van der Waals surface area contributed by atoms with Gasteiger partial charge >= 0.3 is 5.97 Å². The van der Waals surface area contributed by atoms with E-state index in [1.165, 1.54) is 0 Å². The van der Waals surface area contributed by atoms with Crippen LogP contribution in [0.3, 0.4) is 0 Å². The van der Waals surface area contributed by atoms with E-state index in [-0.39, 0.29) is 24.0 Å². The van der Waals surface area contributed by atoms with Crippen LogP contribution < -0.4 is 0 Å². The van der Waals surface area contributed by atoms with Crippen LogP contribution in [0.15, 0.2) is 0 Å². The van der Waals surface area contributed by atoms with Crippen LogP contribution in [0.1, 0.15) is 71.1 Å². The zero-order valence-electron chi connectivity index (χ0n) is 13.1. The standard InChI is InChI=1S/C17H30O4/c1-17(11-10-16(20)21,12-2-6-14(18)7-3-12)13-4-8-15(19)9-5-13/h12-15,18-19H,2-11H2,1H3,(H,20,21). The van der Waals surface area contributed by atoms with E-state index in [4.69, 9.17) is 5.11 Å². The van der Waals surface area contributed by atoms with Crippen molar-refractivity contribution >= 4 is 5.97 Å². The molecule has 0 aliphatic heterocycles. The molecular weight excluding hydrogens is 268 g/mol. The first kappa shape index (κ1) is 16.8. The molecule has 0 heterocycles. The van der Waals surface area contributed by atoms with E-state index >= 15 is 0 Å². The third-order valence-corrected chi connectivity index (χ3v) is 6.14. The van der Waals surface area contributed by atoms with Crippen LogP contribution in [0.2, 0.25) is 0 Å². The SMILES string of the molecule is CC(CCC(=O)O)(C1CCC(O)CC1)C1CCC(O)CC1. The van der Waals surface area contributed by atoms with Gasteiger partial charge in [0.25, 0.3) is 0 Å². The van der Waals surface area contributed by atoms with Gasteiger partial charge in [-0.05, 0) is 75.0 Å². The smallest absolute Gasteiger partial charge is 0.303 e. The van der Waals surface area contributed by atoms with Crippen LogP contribution in [0, 0.1) is 17.3 Å². The lowest BCUT2D eigenvalue weighted by molar-refractivity contribution is -0.138. The minimum atomic E-state index is -0.715. The Morgan fingerprint density at radius 3 is 1.62 bits per heavy atom. The zero-order chi connectivity index (χ0) is 15.5. The number of aliphatic hydroxyl groups excluding tert-OH is 2. The normalized spacial score (nSPS) is 36.9. The van der Waals surface area contributed by atoms with Crippen molar-refractivity contribution in [3.63, 3.8) is 0 Å². The molecule has 2 aliphatic carbocycles. The van der Waals surface area contributed by atoms with Crippen molar-refractivity contribution in [1.29, 1.82) is 0 Å². The van der Waals surface area contributed by atoms with Gasteiger partial charge in [0.2, 0.25) is 0 Å². The first-order chi connectivity index (χ1) is 9.91. The Morgan fingerprint density at radius 1 is 0.905 bits per heavy atom. The molecule has 3 N–H and O–H groups in total. The van der Waals surface area contributed by atoms with E-state index in [9.17, 15) is 15.0 Å². The lowest BCUT2D eigenvalue weighted by Crippen LogP contribution is -2.41. The van der Waals surface area contributed by atoms with E-state index in [1.807, 2.05) is 0 Å². The molecule has 2 fully saturated rings. The average molecular weight is 298 g/mol. The van der Waals surface area contributed by atoms with Gasteiger partial charge in [-0.15, -0.1) is 0 Å². The molecule has 4 heteroatoms. The van der Waals surface area contributed by atoms with Gasteiger partial charge in [0.15, 0.2) is 0 Å². The summed E-state index contributed by atoms with van der Waals surface area (Å²) >= 11 is 0. The third kappa shape index (κ3) is 4.19. The summed E-state index contributed by atoms with van der Waals surface area (Å²) in [4.78, 5) is 11.0. The minimum absolute atomic E-state index is 0.0403. The summed E-state index contributed by atoms with van der Waals surface area (Å²) in [6.07, 6.45) is 8.06. The summed E-state index contributed by atoms with van der Waals surface area (Å²) in [5, 5.41) is 28.5. The van der Waals surface area contributed by atoms with Crippen molar-refractivity contribution in [2.45, 2.75) is 83.3 Å². The molecule has 4 nitrogen and oxygen atoms in total. The van der Waals surface area contributed by atoms with Crippen molar-refractivity contribution in [1.82, 2.24) is 0 Å². The molecule has 0 amide bonds. The van der Waals surface area contributed by atoms with Gasteiger partial charge in [0.1, 0.15) is 0 Å². The van der Waals surface area contributed by atoms with Crippen LogP contribution in [-0.4, -0.2) is 33.5 Å². The van der Waals surface area contributed by atoms with Crippen LogP contribution in [0.25, 0.3) is 0 Å². The monoisotopic (exact) mass is 298 g/mol. The number of aliphatic carboxylic acids is 1. The molecule has 0 aromatic carbocycles. The highest BCUT2D eigenvalue weighted by Gasteiger charge is 2.43. The second-order valence-corrected chi connectivity index (χ2v) is 7.41. The number of hydrogen-bond donors (Lipinski definition) is 3. The Labute approximate surface area is 127 Å². The van der Waals surface area contributed by atoms with Gasteiger partial charge in [-0.3, -0.25) is 4.79 Å². The Bertz CT molecular complexity index is 317. The third-order valence-electron chi connectivity index (χ3n) is 6.14. The predicted molar refractivity (Wildman–Crippen MR) is 80.9 cm³/mol. The van der Waals surface area contributed by atoms with Crippen LogP contribution in [0.5, 0.6) is 0 Å². The first-order valence-corrected chi connectivity index (χ1v) is 8.49. The van der Waals surface area contributed by atoms with Crippen molar-refractivity contribution < 1.29 is 20.1 Å². The fraction of sp³-hybridized carbons (Fsp3) is 0.941. The van der Waals surface area contributed by atoms with Gasteiger partial charge in [-0.25, -0.2) is 0 Å². The Morgan fingerprint density at radius 2 is 1.29 bits per heavy atom. The summed E-state index contributed by atoms with van der Waals surface area (Å²) < 4.78 is 0. The van der Waals surface area contributed by atoms with E-state index < -0.39 is 5.97 Å². The second-order valence-electron chi connectivity index (χ2n) is 7.41. The molecule has 2 rings (SSSR count). The first-order valence-electron chi connectivity index (χ1n) is 8.49. The number of carboxylic acid groups (broad SMARTS) is 1. The predicted octanol–water partition coefficient (Wildman–Crippen LogP) is 2.96. The number of carboxylic acids is 1. The van der Waals surface area contributed by atoms with Gasteiger partial charge < -0.3 is 15.3 Å². The molecule has 122 valence electrons. The van der Waals surface area contributed by atoms with Gasteiger partial charge in [0, 0.05) is 6.42 Å². The number of carbonyl (C=O) groups is 1. The molecule has 0 atom stereocenters. The van der Waals surface area contributed by atoms with E-state index in [1.54, 1.807) is 0 Å². The van der Waals surface area contributed by atoms with E-state index in [0.29, 0.717) is 11.8 Å². The van der Waals surface area contributed by atoms with Crippen LogP contribution >= 0.6 is 0 Å². The topological polar surface area (TPSA) is 77.8 Å². The highest BCUT2D eigenvalue weighted by Crippen LogP contribution is 2.51. The van der Waals surface area contributed by atoms with Crippen LogP contribution in [-0.2, 0) is 4.79 Å². The molecule has 21 heavy (non-hydrogen) atoms. The quantitative estimate of drug-likeness (QED) is 0.729.